The number of methoxy groups -OCH3 is 1. The Morgan fingerprint density at radius 2 is 1.85 bits per heavy atom. The smallest absolute Gasteiger partial charge is 0.228 e. The molecule has 3 rings (SSSR count). The average Bonchev–Trinajstić information content (AvgIpc) is 3.12. The number of aromatic nitrogens is 2. The first-order chi connectivity index (χ1) is 13.0. The number of hydrogen-bond acceptors (Lipinski definition) is 6. The third kappa shape index (κ3) is 4.93. The van der Waals surface area contributed by atoms with Gasteiger partial charge in [-0.25, -0.2) is 13.1 Å². The normalized spacial score (nSPS) is 11.5. The highest BCUT2D eigenvalue weighted by Gasteiger charge is 2.15. The van der Waals surface area contributed by atoms with E-state index in [-0.39, 0.29) is 12.3 Å². The van der Waals surface area contributed by atoms with Crippen molar-refractivity contribution in [2.24, 2.45) is 0 Å². The zero-order valence-electron chi connectivity index (χ0n) is 15.2. The Morgan fingerprint density at radius 3 is 2.63 bits per heavy atom. The summed E-state index contributed by atoms with van der Waals surface area (Å²) in [4.78, 5) is 4.31. The Labute approximate surface area is 158 Å². The van der Waals surface area contributed by atoms with Gasteiger partial charge in [0.15, 0.2) is 0 Å². The fraction of sp³-hybridized carbons (Fsp3) is 0.263. The number of benzene rings is 2. The maximum absolute atomic E-state index is 12.3. The number of aryl methyl sites for hydroxylation is 1. The molecule has 2 aromatic carbocycles. The summed E-state index contributed by atoms with van der Waals surface area (Å²) in [7, 11) is -1.87. The minimum atomic E-state index is -3.44. The monoisotopic (exact) mass is 387 g/mol. The van der Waals surface area contributed by atoms with Gasteiger partial charge in [-0.15, -0.1) is 0 Å². The van der Waals surface area contributed by atoms with Crippen LogP contribution in [0.3, 0.4) is 0 Å². The molecule has 3 aromatic rings. The van der Waals surface area contributed by atoms with Crippen molar-refractivity contribution >= 4 is 10.0 Å². The third-order valence-electron chi connectivity index (χ3n) is 4.08. The summed E-state index contributed by atoms with van der Waals surface area (Å²) in [5.41, 5.74) is 2.44. The zero-order valence-corrected chi connectivity index (χ0v) is 16.0. The summed E-state index contributed by atoms with van der Waals surface area (Å²) in [5, 5.41) is 3.95. The van der Waals surface area contributed by atoms with E-state index in [0.717, 1.165) is 16.7 Å². The minimum absolute atomic E-state index is 0.0596. The van der Waals surface area contributed by atoms with Gasteiger partial charge in [-0.05, 0) is 30.2 Å². The Kier molecular flexibility index (Phi) is 5.88. The molecule has 8 heteroatoms. The third-order valence-corrected chi connectivity index (χ3v) is 5.42. The lowest BCUT2D eigenvalue weighted by molar-refractivity contribution is 0.378. The molecular weight excluding hydrogens is 366 g/mol. The van der Waals surface area contributed by atoms with Crippen LogP contribution >= 0.6 is 0 Å². The van der Waals surface area contributed by atoms with E-state index >= 15 is 0 Å². The summed E-state index contributed by atoms with van der Waals surface area (Å²) in [6.45, 7) is 2.07. The first kappa shape index (κ1) is 19.1. The Hall–Kier alpha value is -2.71. The fourth-order valence-electron chi connectivity index (χ4n) is 2.64. The van der Waals surface area contributed by atoms with Crippen molar-refractivity contribution in [3.05, 3.63) is 65.5 Å². The second-order valence-corrected chi connectivity index (χ2v) is 7.85. The highest BCUT2D eigenvalue weighted by atomic mass is 32.2. The number of hydrogen-bond donors (Lipinski definition) is 1. The van der Waals surface area contributed by atoms with Gasteiger partial charge < -0.3 is 9.26 Å². The van der Waals surface area contributed by atoms with Crippen molar-refractivity contribution in [1.29, 1.82) is 0 Å². The molecule has 1 aromatic heterocycles. The van der Waals surface area contributed by atoms with Crippen LogP contribution in [-0.4, -0.2) is 32.2 Å². The first-order valence-corrected chi connectivity index (χ1v) is 10.1. The van der Waals surface area contributed by atoms with Crippen LogP contribution in [0.4, 0.5) is 0 Å². The van der Waals surface area contributed by atoms with Crippen molar-refractivity contribution in [3.63, 3.8) is 0 Å². The molecule has 1 N–H and O–H groups in total. The molecule has 142 valence electrons. The number of ether oxygens (including phenoxy) is 1. The summed E-state index contributed by atoms with van der Waals surface area (Å²) in [6, 6.07) is 14.8. The topological polar surface area (TPSA) is 94.3 Å². The summed E-state index contributed by atoms with van der Waals surface area (Å²) < 4.78 is 37.6. The van der Waals surface area contributed by atoms with Crippen molar-refractivity contribution in [2.45, 2.75) is 19.1 Å². The van der Waals surface area contributed by atoms with Crippen LogP contribution in [0.5, 0.6) is 5.75 Å². The van der Waals surface area contributed by atoms with Gasteiger partial charge in [-0.3, -0.25) is 0 Å². The highest BCUT2D eigenvalue weighted by molar-refractivity contribution is 7.88. The molecule has 27 heavy (non-hydrogen) atoms. The van der Waals surface area contributed by atoms with E-state index in [1.165, 1.54) is 0 Å². The molecule has 0 amide bonds. The Bertz CT molecular complexity index is 1020. The maximum atomic E-state index is 12.3. The number of rotatable bonds is 8. The molecule has 0 spiro atoms. The summed E-state index contributed by atoms with van der Waals surface area (Å²) in [5.74, 6) is 1.35. The van der Waals surface area contributed by atoms with Crippen LogP contribution in [0.15, 0.2) is 53.1 Å². The van der Waals surface area contributed by atoms with Crippen molar-refractivity contribution in [3.8, 4) is 17.1 Å². The van der Waals surface area contributed by atoms with Crippen LogP contribution in [0.2, 0.25) is 0 Å². The molecule has 0 aliphatic rings. The molecule has 0 radical (unpaired) electrons. The molecule has 7 nitrogen and oxygen atoms in total. The average molecular weight is 387 g/mol. The second kappa shape index (κ2) is 8.32. The quantitative estimate of drug-likeness (QED) is 0.639. The lowest BCUT2D eigenvalue weighted by atomic mass is 10.1. The molecule has 0 aliphatic heterocycles. The SMILES string of the molecule is COc1ccccc1-c1noc(CCNS(=O)(=O)Cc2ccccc2C)n1. The predicted octanol–water partition coefficient (Wildman–Crippen LogP) is 2.72. The van der Waals surface area contributed by atoms with Crippen LogP contribution in [-0.2, 0) is 22.2 Å². The summed E-state index contributed by atoms with van der Waals surface area (Å²) in [6.07, 6.45) is 0.301. The van der Waals surface area contributed by atoms with E-state index in [9.17, 15) is 8.42 Å². The largest absolute Gasteiger partial charge is 0.496 e. The van der Waals surface area contributed by atoms with Crippen molar-refractivity contribution in [2.75, 3.05) is 13.7 Å². The van der Waals surface area contributed by atoms with E-state index in [0.29, 0.717) is 23.9 Å². The molecular formula is C19H21N3O4S. The highest BCUT2D eigenvalue weighted by Crippen LogP contribution is 2.27. The molecule has 0 unspecified atom stereocenters. The molecule has 0 saturated heterocycles. The predicted molar refractivity (Wildman–Crippen MR) is 102 cm³/mol. The van der Waals surface area contributed by atoms with Crippen molar-refractivity contribution < 1.29 is 17.7 Å². The van der Waals surface area contributed by atoms with Gasteiger partial charge in [0.25, 0.3) is 0 Å². The lowest BCUT2D eigenvalue weighted by Gasteiger charge is -2.07. The van der Waals surface area contributed by atoms with Gasteiger partial charge in [-0.2, -0.15) is 4.98 Å². The maximum Gasteiger partial charge on any atom is 0.228 e. The van der Waals surface area contributed by atoms with Crippen LogP contribution in [0.25, 0.3) is 11.4 Å². The van der Waals surface area contributed by atoms with Gasteiger partial charge in [0.05, 0.1) is 18.4 Å². The number of para-hydroxylation sites is 1. The van der Waals surface area contributed by atoms with Crippen molar-refractivity contribution in [1.82, 2.24) is 14.9 Å². The van der Waals surface area contributed by atoms with Gasteiger partial charge in [0, 0.05) is 13.0 Å². The van der Waals surface area contributed by atoms with Crippen LogP contribution in [0.1, 0.15) is 17.0 Å². The van der Waals surface area contributed by atoms with E-state index in [1.54, 1.807) is 7.11 Å². The number of sulfonamides is 1. The van der Waals surface area contributed by atoms with E-state index in [1.807, 2.05) is 55.5 Å². The number of nitrogens with one attached hydrogen (secondary N) is 1. The van der Waals surface area contributed by atoms with Crippen LogP contribution < -0.4 is 9.46 Å². The van der Waals surface area contributed by atoms with Crippen LogP contribution in [0, 0.1) is 6.92 Å². The number of nitrogens with zero attached hydrogens (tertiary/aromatic N) is 2. The lowest BCUT2D eigenvalue weighted by Crippen LogP contribution is -2.27. The van der Waals surface area contributed by atoms with E-state index in [2.05, 4.69) is 14.9 Å². The molecule has 0 bridgehead atoms. The molecule has 0 fully saturated rings. The Balaban J connectivity index is 1.60. The first-order valence-electron chi connectivity index (χ1n) is 8.46. The van der Waals surface area contributed by atoms with Gasteiger partial charge in [0.1, 0.15) is 5.75 Å². The standard InChI is InChI=1S/C19H21N3O4S/c1-14-7-3-4-8-15(14)13-27(23,24)20-12-11-18-21-19(22-26-18)16-9-5-6-10-17(16)25-2/h3-10,20H,11-13H2,1-2H3. The molecule has 0 saturated carbocycles. The van der Waals surface area contributed by atoms with Gasteiger partial charge in [-0.1, -0.05) is 41.6 Å². The van der Waals surface area contributed by atoms with E-state index in [4.69, 9.17) is 9.26 Å². The van der Waals surface area contributed by atoms with Gasteiger partial charge in [0.2, 0.25) is 21.7 Å². The zero-order chi connectivity index (χ0) is 19.3. The molecule has 0 atom stereocenters. The molecule has 0 aliphatic carbocycles. The summed E-state index contributed by atoms with van der Waals surface area (Å²) >= 11 is 0. The molecule has 1 heterocycles. The fourth-order valence-corrected chi connectivity index (χ4v) is 3.88. The van der Waals surface area contributed by atoms with Gasteiger partial charge >= 0.3 is 0 Å². The van der Waals surface area contributed by atoms with E-state index < -0.39 is 10.0 Å². The minimum Gasteiger partial charge on any atom is -0.496 e. The Morgan fingerprint density at radius 1 is 1.11 bits per heavy atom. The second-order valence-electron chi connectivity index (χ2n) is 6.04.